The molecule has 0 saturated carbocycles. The molecule has 13 heavy (non-hydrogen) atoms. The molecule has 1 aromatic carbocycles. The first kappa shape index (κ1) is 8.04. The van der Waals surface area contributed by atoms with Gasteiger partial charge < -0.3 is 5.32 Å². The van der Waals surface area contributed by atoms with Crippen molar-refractivity contribution in [3.63, 3.8) is 0 Å². The van der Waals surface area contributed by atoms with Gasteiger partial charge in [-0.15, -0.1) is 0 Å². The van der Waals surface area contributed by atoms with Crippen LogP contribution in [0.1, 0.15) is 0 Å². The van der Waals surface area contributed by atoms with Gasteiger partial charge in [0, 0.05) is 31.4 Å². The molecule has 2 rings (SSSR count). The molecule has 0 amide bonds. The zero-order valence-corrected chi connectivity index (χ0v) is 7.50. The fraction of sp³-hybridized carbons (Fsp3) is 0.222. The number of rotatable bonds is 1. The number of anilines is 1. The Hall–Kier alpha value is -1.58. The lowest BCUT2D eigenvalue weighted by Gasteiger charge is -1.98. The van der Waals surface area contributed by atoms with E-state index in [1.165, 1.54) is 6.07 Å². The van der Waals surface area contributed by atoms with Crippen LogP contribution >= 0.6 is 0 Å². The Kier molecular flexibility index (Phi) is 1.69. The van der Waals surface area contributed by atoms with Crippen molar-refractivity contribution in [3.8, 4) is 0 Å². The Morgan fingerprint density at radius 3 is 2.92 bits per heavy atom. The van der Waals surface area contributed by atoms with Gasteiger partial charge in [0.15, 0.2) is 5.82 Å². The summed E-state index contributed by atoms with van der Waals surface area (Å²) >= 11 is 0. The molecule has 0 atom stereocenters. The second kappa shape index (κ2) is 2.73. The molecule has 0 radical (unpaired) electrons. The Bertz CT molecular complexity index is 447. The Morgan fingerprint density at radius 2 is 2.23 bits per heavy atom. The van der Waals surface area contributed by atoms with E-state index in [0.29, 0.717) is 5.52 Å². The molecule has 4 heteroatoms. The van der Waals surface area contributed by atoms with Crippen LogP contribution in [0, 0.1) is 5.82 Å². The van der Waals surface area contributed by atoms with Crippen molar-refractivity contribution < 1.29 is 4.39 Å². The maximum Gasteiger partial charge on any atom is 0.153 e. The predicted molar refractivity (Wildman–Crippen MR) is 50.2 cm³/mol. The third-order valence-corrected chi connectivity index (χ3v) is 1.97. The maximum atomic E-state index is 13.3. The predicted octanol–water partition coefficient (Wildman–Crippen LogP) is 1.75. The number of benzene rings is 1. The van der Waals surface area contributed by atoms with Gasteiger partial charge in [-0.2, -0.15) is 5.10 Å². The van der Waals surface area contributed by atoms with Gasteiger partial charge in [0.1, 0.15) is 5.52 Å². The van der Waals surface area contributed by atoms with Gasteiger partial charge in [-0.1, -0.05) is 0 Å². The minimum atomic E-state index is -0.289. The normalized spacial score (nSPS) is 10.7. The summed E-state index contributed by atoms with van der Waals surface area (Å²) in [7, 11) is 3.54. The fourth-order valence-electron chi connectivity index (χ4n) is 1.36. The van der Waals surface area contributed by atoms with E-state index >= 15 is 0 Å². The van der Waals surface area contributed by atoms with Crippen LogP contribution in [-0.4, -0.2) is 16.8 Å². The summed E-state index contributed by atoms with van der Waals surface area (Å²) in [5.41, 5.74) is 1.18. The number of hydrogen-bond donors (Lipinski definition) is 1. The Balaban J connectivity index is 2.75. The van der Waals surface area contributed by atoms with Crippen LogP contribution in [0.5, 0.6) is 0 Å². The highest BCUT2D eigenvalue weighted by molar-refractivity contribution is 5.82. The zero-order valence-electron chi connectivity index (χ0n) is 7.50. The summed E-state index contributed by atoms with van der Waals surface area (Å²) in [5.74, 6) is -0.289. The van der Waals surface area contributed by atoms with E-state index in [-0.39, 0.29) is 5.82 Å². The van der Waals surface area contributed by atoms with Gasteiger partial charge >= 0.3 is 0 Å². The minimum Gasteiger partial charge on any atom is -0.388 e. The lowest BCUT2D eigenvalue weighted by atomic mass is 10.2. The number of aromatic nitrogens is 2. The molecule has 0 aliphatic rings. The monoisotopic (exact) mass is 179 g/mol. The third-order valence-electron chi connectivity index (χ3n) is 1.97. The van der Waals surface area contributed by atoms with Gasteiger partial charge in [-0.05, 0) is 12.1 Å². The largest absolute Gasteiger partial charge is 0.388 e. The van der Waals surface area contributed by atoms with Crippen LogP contribution < -0.4 is 5.32 Å². The van der Waals surface area contributed by atoms with E-state index in [1.807, 2.05) is 6.07 Å². The molecule has 0 saturated heterocycles. The average molecular weight is 179 g/mol. The summed E-state index contributed by atoms with van der Waals surface area (Å²) < 4.78 is 14.9. The van der Waals surface area contributed by atoms with E-state index in [1.54, 1.807) is 25.0 Å². The molecule has 0 spiro atoms. The van der Waals surface area contributed by atoms with Crippen LogP contribution in [0.15, 0.2) is 18.3 Å². The molecule has 68 valence electrons. The SMILES string of the molecule is CNc1cc(F)c2nn(C)cc2c1. The van der Waals surface area contributed by atoms with Crippen LogP contribution in [0.25, 0.3) is 10.9 Å². The molecule has 1 N–H and O–H groups in total. The van der Waals surface area contributed by atoms with E-state index in [0.717, 1.165) is 11.1 Å². The lowest BCUT2D eigenvalue weighted by Crippen LogP contribution is -1.89. The molecule has 0 unspecified atom stereocenters. The van der Waals surface area contributed by atoms with Crippen LogP contribution in [0.3, 0.4) is 0 Å². The van der Waals surface area contributed by atoms with Crippen molar-refractivity contribution in [2.24, 2.45) is 7.05 Å². The summed E-state index contributed by atoms with van der Waals surface area (Å²) in [6, 6.07) is 3.31. The van der Waals surface area contributed by atoms with E-state index in [2.05, 4.69) is 10.4 Å². The Labute approximate surface area is 75.2 Å². The first-order chi connectivity index (χ1) is 6.20. The molecular weight excluding hydrogens is 169 g/mol. The molecule has 0 aliphatic heterocycles. The zero-order chi connectivity index (χ0) is 9.42. The number of hydrogen-bond acceptors (Lipinski definition) is 2. The second-order valence-electron chi connectivity index (χ2n) is 2.95. The molecule has 0 bridgehead atoms. The molecule has 0 aliphatic carbocycles. The quantitative estimate of drug-likeness (QED) is 0.722. The van der Waals surface area contributed by atoms with Gasteiger partial charge in [-0.25, -0.2) is 4.39 Å². The molecular formula is C9H10FN3. The van der Waals surface area contributed by atoms with E-state index < -0.39 is 0 Å². The summed E-state index contributed by atoms with van der Waals surface area (Å²) in [5, 5.41) is 7.71. The summed E-state index contributed by atoms with van der Waals surface area (Å²) in [6.07, 6.45) is 1.79. The third kappa shape index (κ3) is 1.24. The van der Waals surface area contributed by atoms with Gasteiger partial charge in [0.05, 0.1) is 0 Å². The number of nitrogens with zero attached hydrogens (tertiary/aromatic N) is 2. The van der Waals surface area contributed by atoms with Crippen LogP contribution in [0.4, 0.5) is 10.1 Å². The van der Waals surface area contributed by atoms with Crippen molar-refractivity contribution in [3.05, 3.63) is 24.1 Å². The lowest BCUT2D eigenvalue weighted by molar-refractivity contribution is 0.633. The standard InChI is InChI=1S/C9H10FN3/c1-11-7-3-6-5-13(2)12-9(6)8(10)4-7/h3-5,11H,1-2H3. The summed E-state index contributed by atoms with van der Waals surface area (Å²) in [4.78, 5) is 0. The topological polar surface area (TPSA) is 29.9 Å². The van der Waals surface area contributed by atoms with Crippen molar-refractivity contribution in [1.82, 2.24) is 9.78 Å². The molecule has 3 nitrogen and oxygen atoms in total. The van der Waals surface area contributed by atoms with Crippen molar-refractivity contribution in [2.75, 3.05) is 12.4 Å². The Morgan fingerprint density at radius 1 is 1.46 bits per heavy atom. The molecule has 1 heterocycles. The van der Waals surface area contributed by atoms with Gasteiger partial charge in [-0.3, -0.25) is 4.68 Å². The molecule has 2 aromatic rings. The number of halogens is 1. The number of fused-ring (bicyclic) bond motifs is 1. The van der Waals surface area contributed by atoms with Gasteiger partial charge in [0.2, 0.25) is 0 Å². The smallest absolute Gasteiger partial charge is 0.153 e. The molecule has 0 fully saturated rings. The van der Waals surface area contributed by atoms with Crippen molar-refractivity contribution in [2.45, 2.75) is 0 Å². The summed E-state index contributed by atoms with van der Waals surface area (Å²) in [6.45, 7) is 0. The average Bonchev–Trinajstić information content (AvgIpc) is 2.46. The highest BCUT2D eigenvalue weighted by Crippen LogP contribution is 2.20. The fourth-order valence-corrected chi connectivity index (χ4v) is 1.36. The van der Waals surface area contributed by atoms with Crippen LogP contribution in [0.2, 0.25) is 0 Å². The van der Waals surface area contributed by atoms with Crippen LogP contribution in [-0.2, 0) is 7.05 Å². The highest BCUT2D eigenvalue weighted by atomic mass is 19.1. The number of nitrogens with one attached hydrogen (secondary N) is 1. The maximum absolute atomic E-state index is 13.3. The second-order valence-corrected chi connectivity index (χ2v) is 2.95. The first-order valence-electron chi connectivity index (χ1n) is 4.01. The van der Waals surface area contributed by atoms with Crippen molar-refractivity contribution >= 4 is 16.6 Å². The van der Waals surface area contributed by atoms with Crippen molar-refractivity contribution in [1.29, 1.82) is 0 Å². The van der Waals surface area contributed by atoms with E-state index in [4.69, 9.17) is 0 Å². The van der Waals surface area contributed by atoms with E-state index in [9.17, 15) is 4.39 Å². The highest BCUT2D eigenvalue weighted by Gasteiger charge is 2.05. The number of aryl methyl sites for hydroxylation is 1. The first-order valence-corrected chi connectivity index (χ1v) is 4.01. The minimum absolute atomic E-state index is 0.289. The molecule has 1 aromatic heterocycles. The van der Waals surface area contributed by atoms with Gasteiger partial charge in [0.25, 0.3) is 0 Å².